The Bertz CT molecular complexity index is 1830. The maximum absolute atomic E-state index is 14.3. The van der Waals surface area contributed by atoms with Crippen LogP contribution in [0, 0.1) is 17.8 Å². The molecule has 0 radical (unpaired) electrons. The number of carbonyl (C=O) groups excluding carboxylic acids is 2. The third kappa shape index (κ3) is 12.3. The largest absolute Gasteiger partial charge is 0.459 e. The molecule has 4 N–H and O–H groups in total. The summed E-state index contributed by atoms with van der Waals surface area (Å²) in [5.74, 6) is -1.73. The van der Waals surface area contributed by atoms with Crippen LogP contribution in [0.3, 0.4) is 0 Å². The first-order valence-electron chi connectivity index (χ1n) is 22.4. The number of ether oxygens (including phenoxy) is 6. The number of fused-ring (bicyclic) bond motifs is 2. The minimum absolute atomic E-state index is 0.0161. The van der Waals surface area contributed by atoms with Crippen molar-refractivity contribution in [2.24, 2.45) is 22.9 Å². The van der Waals surface area contributed by atoms with E-state index in [1.165, 1.54) is 0 Å². The van der Waals surface area contributed by atoms with Gasteiger partial charge in [-0.15, -0.1) is 18.2 Å². The van der Waals surface area contributed by atoms with Gasteiger partial charge in [-0.1, -0.05) is 60.5 Å². The van der Waals surface area contributed by atoms with Gasteiger partial charge in [0.1, 0.15) is 24.1 Å². The molecule has 0 aromatic heterocycles. The molecule has 1 saturated heterocycles. The molecule has 1 saturated carbocycles. The Morgan fingerprint density at radius 2 is 1.81 bits per heavy atom. The van der Waals surface area contributed by atoms with Gasteiger partial charge in [0.25, 0.3) is 0 Å². The quantitative estimate of drug-likeness (QED) is 0.0374. The average molecular weight is 898 g/mol. The first-order valence-corrected chi connectivity index (χ1v) is 22.9. The number of nitrogens with one attached hydrogen (secondary N) is 1. The molecule has 346 valence electrons. The van der Waals surface area contributed by atoms with E-state index in [0.717, 1.165) is 55.2 Å². The van der Waals surface area contributed by atoms with Crippen molar-refractivity contribution in [1.82, 2.24) is 10.2 Å². The zero-order valence-electron chi connectivity index (χ0n) is 36.1. The lowest BCUT2D eigenvalue weighted by Gasteiger charge is -2.59. The van der Waals surface area contributed by atoms with Crippen LogP contribution in [0.25, 0.3) is 0 Å². The lowest BCUT2D eigenvalue weighted by Crippen LogP contribution is -2.70. The number of allylic oxidation sites excluding steroid dienone is 1. The molecule has 2 amide bonds. The molecule has 2 aromatic carbocycles. The number of rotatable bonds is 24. The van der Waals surface area contributed by atoms with E-state index in [1.54, 1.807) is 23.1 Å². The van der Waals surface area contributed by atoms with Crippen LogP contribution in [0.1, 0.15) is 81.3 Å². The highest BCUT2D eigenvalue weighted by Gasteiger charge is 2.65. The fourth-order valence-corrected chi connectivity index (χ4v) is 9.53. The Morgan fingerprint density at radius 3 is 2.54 bits per heavy atom. The van der Waals surface area contributed by atoms with Crippen LogP contribution in [0.5, 0.6) is 11.5 Å². The number of nitrogens with zero attached hydrogens (tertiary/aromatic N) is 2. The van der Waals surface area contributed by atoms with Gasteiger partial charge in [-0.3, -0.25) is 4.90 Å². The molecule has 7 atom stereocenters. The molecule has 4 aliphatic rings. The normalized spacial score (nSPS) is 25.5. The molecule has 0 spiro atoms. The van der Waals surface area contributed by atoms with Gasteiger partial charge in [0.2, 0.25) is 12.1 Å². The van der Waals surface area contributed by atoms with Gasteiger partial charge < -0.3 is 53.9 Å². The Hall–Kier alpha value is -4.22. The van der Waals surface area contributed by atoms with Crippen molar-refractivity contribution in [3.05, 3.63) is 84.0 Å². The smallest absolute Gasteiger partial charge is 0.412 e. The summed E-state index contributed by atoms with van der Waals surface area (Å²) in [5, 5.41) is 37.1. The van der Waals surface area contributed by atoms with E-state index in [4.69, 9.17) is 50.0 Å². The van der Waals surface area contributed by atoms with Crippen LogP contribution in [0.15, 0.2) is 78.0 Å². The Morgan fingerprint density at radius 1 is 1.00 bits per heavy atom. The first kappa shape index (κ1) is 48.2. The van der Waals surface area contributed by atoms with E-state index in [1.807, 2.05) is 36.4 Å². The lowest BCUT2D eigenvalue weighted by atomic mass is 9.55. The maximum atomic E-state index is 14.3. The summed E-state index contributed by atoms with van der Waals surface area (Å²) in [4.78, 5) is 35.3. The number of unbranched alkanes of at least 4 members (excludes halogenated alkanes) is 2. The van der Waals surface area contributed by atoms with Crippen molar-refractivity contribution < 1.29 is 58.2 Å². The summed E-state index contributed by atoms with van der Waals surface area (Å²) < 4.78 is 37.5. The molecule has 2 aliphatic carbocycles. The summed E-state index contributed by atoms with van der Waals surface area (Å²) in [6.45, 7) is 4.93. The SMILES string of the molecule is C=CCOC12Oc3ccc(OC(=O)NCc4ccccc4)cc3C3C(CCCCO)C(CCCCO)C=C(C(=NOC4CCCCO4)CC1N(CCOCCO)C(=O)OCCCl)C32. The number of benzene rings is 2. The number of amides is 2. The molecule has 0 bridgehead atoms. The summed E-state index contributed by atoms with van der Waals surface area (Å²) in [6, 6.07) is 14.0. The highest BCUT2D eigenvalue weighted by atomic mass is 35.5. The summed E-state index contributed by atoms with van der Waals surface area (Å²) >= 11 is 6.04. The number of aliphatic hydroxyl groups is 3. The molecule has 2 aliphatic heterocycles. The number of alkyl halides is 1. The fourth-order valence-electron chi connectivity index (χ4n) is 9.45. The van der Waals surface area contributed by atoms with Crippen LogP contribution in [0.4, 0.5) is 9.59 Å². The minimum Gasteiger partial charge on any atom is -0.459 e. The highest BCUT2D eigenvalue weighted by Crippen LogP contribution is 2.62. The van der Waals surface area contributed by atoms with Gasteiger partial charge in [-0.05, 0) is 79.7 Å². The topological polar surface area (TPSA) is 187 Å². The molecular weight excluding hydrogens is 834 g/mol. The van der Waals surface area contributed by atoms with Crippen molar-refractivity contribution in [2.75, 3.05) is 65.3 Å². The van der Waals surface area contributed by atoms with Crippen molar-refractivity contribution >= 4 is 29.5 Å². The van der Waals surface area contributed by atoms with Crippen molar-refractivity contribution in [3.63, 3.8) is 0 Å². The Kier molecular flexibility index (Phi) is 18.9. The number of carbonyl (C=O) groups is 2. The molecule has 63 heavy (non-hydrogen) atoms. The molecule has 15 nitrogen and oxygen atoms in total. The van der Waals surface area contributed by atoms with Gasteiger partial charge in [0.05, 0.1) is 50.5 Å². The Balaban J connectivity index is 1.52. The number of hydrogen-bond acceptors (Lipinski definition) is 13. The van der Waals surface area contributed by atoms with E-state index in [2.05, 4.69) is 18.0 Å². The van der Waals surface area contributed by atoms with Gasteiger partial charge in [0.15, 0.2) is 0 Å². The number of hydrogen-bond donors (Lipinski definition) is 4. The van der Waals surface area contributed by atoms with Crippen molar-refractivity contribution in [3.8, 4) is 11.5 Å². The summed E-state index contributed by atoms with van der Waals surface area (Å²) in [5.41, 5.74) is 3.14. The first-order chi connectivity index (χ1) is 30.9. The van der Waals surface area contributed by atoms with Gasteiger partial charge in [-0.25, -0.2) is 9.59 Å². The third-order valence-electron chi connectivity index (χ3n) is 12.2. The van der Waals surface area contributed by atoms with Gasteiger partial charge in [-0.2, -0.15) is 0 Å². The van der Waals surface area contributed by atoms with Crippen LogP contribution in [-0.2, 0) is 30.3 Å². The van der Waals surface area contributed by atoms with Crippen LogP contribution >= 0.6 is 11.6 Å². The average Bonchev–Trinajstić information content (AvgIpc) is 3.31. The fraction of sp³-hybridized carbons (Fsp3) is 0.596. The zero-order valence-corrected chi connectivity index (χ0v) is 36.8. The van der Waals surface area contributed by atoms with Crippen LogP contribution in [0.2, 0.25) is 0 Å². The molecule has 2 aromatic rings. The second kappa shape index (κ2) is 24.7. The standard InChI is InChI=1S/C47H64ClN3O12/c1-2-24-60-47-41(51(20-27-57-28-23-54)46(56)59-26-19-48)31-39(50-63-42-16-8-11-25-58-42)37-29-34(14-6-9-21-52)36(15-7-10-22-53)43(44(37)47)38-30-35(17-18-40(38)62-47)61-45(55)49-32-33-12-4-3-5-13-33/h2-5,12-13,17-18,29-30,34,36,41-44,52-54H,1,6-11,14-16,19-28,31-32H2,(H,49,55). The van der Waals surface area contributed by atoms with E-state index >= 15 is 0 Å². The number of oxime groups is 1. The molecule has 2 heterocycles. The van der Waals surface area contributed by atoms with Gasteiger partial charge in [0, 0.05) is 50.6 Å². The molecule has 16 heteroatoms. The molecule has 7 unspecified atom stereocenters. The van der Waals surface area contributed by atoms with E-state index in [-0.39, 0.29) is 89.4 Å². The molecule has 6 rings (SSSR count). The van der Waals surface area contributed by atoms with Crippen LogP contribution in [-0.4, -0.2) is 122 Å². The molecular formula is C47H64ClN3O12. The summed E-state index contributed by atoms with van der Waals surface area (Å²) in [6.07, 6.45) is 8.92. The maximum Gasteiger partial charge on any atom is 0.412 e. The van der Waals surface area contributed by atoms with E-state index in [9.17, 15) is 24.9 Å². The van der Waals surface area contributed by atoms with Gasteiger partial charge >= 0.3 is 12.2 Å². The predicted octanol–water partition coefficient (Wildman–Crippen LogP) is 6.82. The Labute approximate surface area is 375 Å². The highest BCUT2D eigenvalue weighted by molar-refractivity contribution is 6.18. The third-order valence-corrected chi connectivity index (χ3v) is 12.3. The molecule has 2 fully saturated rings. The summed E-state index contributed by atoms with van der Waals surface area (Å²) in [7, 11) is 0. The number of halogens is 1. The van der Waals surface area contributed by atoms with Crippen molar-refractivity contribution in [2.45, 2.75) is 94.8 Å². The monoisotopic (exact) mass is 897 g/mol. The van der Waals surface area contributed by atoms with Crippen LogP contribution < -0.4 is 14.8 Å². The van der Waals surface area contributed by atoms with E-state index in [0.29, 0.717) is 43.1 Å². The predicted molar refractivity (Wildman–Crippen MR) is 236 cm³/mol. The van der Waals surface area contributed by atoms with Crippen molar-refractivity contribution in [1.29, 1.82) is 0 Å². The second-order valence-electron chi connectivity index (χ2n) is 16.2. The zero-order chi connectivity index (χ0) is 44.4. The second-order valence-corrected chi connectivity index (χ2v) is 16.6. The van der Waals surface area contributed by atoms with E-state index < -0.39 is 36.2 Å². The lowest BCUT2D eigenvalue weighted by molar-refractivity contribution is -0.256. The minimum atomic E-state index is -1.56. The number of aliphatic hydroxyl groups excluding tert-OH is 3.